The smallest absolute Gasteiger partial charge is 0.341 e. The zero-order valence-electron chi connectivity index (χ0n) is 12.1. The number of aromatic nitrogens is 2. The van der Waals surface area contributed by atoms with Gasteiger partial charge in [0.25, 0.3) is 5.03 Å². The first kappa shape index (κ1) is 14.6. The summed E-state index contributed by atoms with van der Waals surface area (Å²) in [5.74, 6) is -0.872. The number of rotatable bonds is 2. The predicted octanol–water partition coefficient (Wildman–Crippen LogP) is -0.0461. The standard InChI is InChI=1S/C14H13FN4O3S/c15-10-5-8-11(20)9(14(21)22)6-17-12(8)19-7-23(13(10)19)18-3-1-16-2-4-18/h5-6,16H,1-4,7H2/p+1. The number of piperazine rings is 1. The highest BCUT2D eigenvalue weighted by molar-refractivity contribution is 7.94. The number of carboxylic acid groups (broad SMARTS) is 1. The van der Waals surface area contributed by atoms with E-state index >= 15 is 0 Å². The topological polar surface area (TPSA) is 87.5 Å². The first-order valence-corrected chi connectivity index (χ1v) is 8.55. The minimum atomic E-state index is -1.35. The molecule has 0 aromatic carbocycles. The Balaban J connectivity index is 1.81. The molecule has 2 N–H and O–H groups in total. The molecule has 0 aliphatic carbocycles. The largest absolute Gasteiger partial charge is 0.477 e. The summed E-state index contributed by atoms with van der Waals surface area (Å²) in [6.45, 7) is 3.48. The van der Waals surface area contributed by atoms with Gasteiger partial charge in [-0.25, -0.2) is 14.3 Å². The van der Waals surface area contributed by atoms with E-state index in [1.807, 2.05) is 0 Å². The van der Waals surface area contributed by atoms with Gasteiger partial charge >= 0.3 is 5.97 Å². The van der Waals surface area contributed by atoms with E-state index < -0.39 is 22.8 Å². The zero-order valence-corrected chi connectivity index (χ0v) is 12.9. The molecule has 120 valence electrons. The molecule has 0 aromatic rings. The molecule has 23 heavy (non-hydrogen) atoms. The Morgan fingerprint density at radius 3 is 2.83 bits per heavy atom. The second-order valence-corrected chi connectivity index (χ2v) is 7.33. The van der Waals surface area contributed by atoms with E-state index in [0.29, 0.717) is 16.7 Å². The lowest BCUT2D eigenvalue weighted by Crippen LogP contribution is -2.52. The van der Waals surface area contributed by atoms with Crippen LogP contribution in [0.1, 0.15) is 10.4 Å². The molecule has 0 aromatic heterocycles. The van der Waals surface area contributed by atoms with Crippen molar-refractivity contribution in [2.45, 2.75) is 10.9 Å². The quantitative estimate of drug-likeness (QED) is 0.748. The molecule has 7 nitrogen and oxygen atoms in total. The molecular formula is C14H14FN4O3S+. The van der Waals surface area contributed by atoms with Crippen LogP contribution in [0, 0.1) is 5.82 Å². The molecule has 4 aliphatic heterocycles. The molecule has 1 unspecified atom stereocenters. The molecule has 0 spiro atoms. The van der Waals surface area contributed by atoms with Crippen molar-refractivity contribution >= 4 is 17.1 Å². The van der Waals surface area contributed by atoms with Crippen LogP contribution < -0.4 is 10.7 Å². The van der Waals surface area contributed by atoms with Gasteiger partial charge in [-0.2, -0.15) is 4.39 Å². The Hall–Kier alpha value is -1.97. The fourth-order valence-electron chi connectivity index (χ4n) is 2.95. The Labute approximate surface area is 133 Å². The number of pyridine rings is 2. The minimum Gasteiger partial charge on any atom is -0.477 e. The Morgan fingerprint density at radius 2 is 2.13 bits per heavy atom. The average Bonchev–Trinajstić information content (AvgIpc) is 2.49. The molecule has 0 bridgehead atoms. The van der Waals surface area contributed by atoms with Crippen LogP contribution in [0.15, 0.2) is 22.1 Å². The third kappa shape index (κ3) is 2.15. The van der Waals surface area contributed by atoms with Crippen molar-refractivity contribution in [3.63, 3.8) is 0 Å². The number of fused-ring (bicyclic) bond motifs is 3. The summed E-state index contributed by atoms with van der Waals surface area (Å²) in [4.78, 5) is 27.3. The molecule has 0 radical (unpaired) electrons. The van der Waals surface area contributed by atoms with Gasteiger partial charge in [0.05, 0.1) is 18.7 Å². The van der Waals surface area contributed by atoms with E-state index in [1.54, 1.807) is 4.57 Å². The molecule has 4 aliphatic rings. The maximum absolute atomic E-state index is 14.5. The fraction of sp³-hybridized carbons (Fsp3) is 0.357. The number of nitrogens with zero attached hydrogens (tertiary/aromatic N) is 3. The number of hydrogen-bond acceptors (Lipinski definition) is 5. The maximum atomic E-state index is 14.5. The second-order valence-electron chi connectivity index (χ2n) is 5.44. The van der Waals surface area contributed by atoms with Gasteiger partial charge in [-0.3, -0.25) is 4.79 Å². The van der Waals surface area contributed by atoms with Crippen molar-refractivity contribution < 1.29 is 14.3 Å². The summed E-state index contributed by atoms with van der Waals surface area (Å²) in [7, 11) is 0. The summed E-state index contributed by atoms with van der Waals surface area (Å²) in [6.07, 6.45) is 1.05. The number of aromatic carboxylic acids is 1. The van der Waals surface area contributed by atoms with Gasteiger partial charge in [0.15, 0.2) is 22.7 Å². The predicted molar refractivity (Wildman–Crippen MR) is 82.1 cm³/mol. The highest BCUT2D eigenvalue weighted by Gasteiger charge is 2.48. The first-order chi connectivity index (χ1) is 11.1. The van der Waals surface area contributed by atoms with E-state index in [0.717, 1.165) is 38.4 Å². The van der Waals surface area contributed by atoms with Crippen molar-refractivity contribution in [1.29, 1.82) is 0 Å². The third-order valence-corrected chi connectivity index (χ3v) is 6.47. The lowest BCUT2D eigenvalue weighted by molar-refractivity contribution is 0.0695. The van der Waals surface area contributed by atoms with Crippen LogP contribution in [0.25, 0.3) is 11.4 Å². The zero-order chi connectivity index (χ0) is 16.1. The van der Waals surface area contributed by atoms with Crippen LogP contribution in [0.4, 0.5) is 4.39 Å². The van der Waals surface area contributed by atoms with Gasteiger partial charge in [0, 0.05) is 19.3 Å². The summed E-state index contributed by atoms with van der Waals surface area (Å²) in [5.41, 5.74) is -1.10. The van der Waals surface area contributed by atoms with Gasteiger partial charge < -0.3 is 10.4 Å². The monoisotopic (exact) mass is 337 g/mol. The van der Waals surface area contributed by atoms with Crippen molar-refractivity contribution in [2.24, 2.45) is 0 Å². The Bertz CT molecular complexity index is 834. The molecule has 0 amide bonds. The minimum absolute atomic E-state index is 0.0229. The van der Waals surface area contributed by atoms with Crippen molar-refractivity contribution in [3.05, 3.63) is 33.9 Å². The van der Waals surface area contributed by atoms with Crippen molar-refractivity contribution in [1.82, 2.24) is 19.2 Å². The fourth-order valence-corrected chi connectivity index (χ4v) is 5.08. The summed E-state index contributed by atoms with van der Waals surface area (Å²) in [6, 6.07) is 1.13. The summed E-state index contributed by atoms with van der Waals surface area (Å²) < 4.78 is 18.4. The maximum Gasteiger partial charge on any atom is 0.341 e. The van der Waals surface area contributed by atoms with Gasteiger partial charge in [-0.1, -0.05) is 0 Å². The average molecular weight is 337 g/mol. The summed E-state index contributed by atoms with van der Waals surface area (Å²) >= 11 is -0.323. The second kappa shape index (κ2) is 5.29. The molecule has 9 heteroatoms. The summed E-state index contributed by atoms with van der Waals surface area (Å²) in [5, 5.41) is 12.8. The van der Waals surface area contributed by atoms with Gasteiger partial charge in [-0.15, -0.1) is 4.31 Å². The van der Waals surface area contributed by atoms with Crippen LogP contribution in [-0.4, -0.2) is 51.1 Å². The first-order valence-electron chi connectivity index (χ1n) is 7.20. The number of nitrogens with one attached hydrogen (secondary N) is 1. The van der Waals surface area contributed by atoms with Crippen molar-refractivity contribution in [3.8, 4) is 11.4 Å². The van der Waals surface area contributed by atoms with Crippen LogP contribution >= 0.6 is 0 Å². The normalized spacial score (nSPS) is 21.0. The number of halogens is 1. The molecular weight excluding hydrogens is 323 g/mol. The van der Waals surface area contributed by atoms with E-state index in [2.05, 4.69) is 14.6 Å². The van der Waals surface area contributed by atoms with E-state index in [9.17, 15) is 14.0 Å². The molecule has 4 heterocycles. The SMILES string of the molecule is O=C(O)c1cnc2n3c(c(F)cc-2c1=O)[S+](N1CCNCC1)C3. The highest BCUT2D eigenvalue weighted by atomic mass is 32.2. The lowest BCUT2D eigenvalue weighted by atomic mass is 10.1. The van der Waals surface area contributed by atoms with E-state index in [-0.39, 0.29) is 16.6 Å². The lowest BCUT2D eigenvalue weighted by Gasteiger charge is -2.33. The van der Waals surface area contributed by atoms with Gasteiger partial charge in [-0.05, 0) is 6.07 Å². The van der Waals surface area contributed by atoms with Crippen molar-refractivity contribution in [2.75, 3.05) is 26.2 Å². The molecule has 1 saturated heterocycles. The number of carboxylic acids is 1. The molecule has 0 saturated carbocycles. The van der Waals surface area contributed by atoms with Crippen LogP contribution in [-0.2, 0) is 17.0 Å². The number of hydrogen-bond donors (Lipinski definition) is 2. The van der Waals surface area contributed by atoms with Crippen LogP contribution in [0.5, 0.6) is 0 Å². The Morgan fingerprint density at radius 1 is 1.39 bits per heavy atom. The molecule has 4 rings (SSSR count). The van der Waals surface area contributed by atoms with E-state index in [1.165, 1.54) is 0 Å². The number of carbonyl (C=O) groups is 1. The molecule has 1 atom stereocenters. The molecule has 1 fully saturated rings. The third-order valence-electron chi connectivity index (χ3n) is 4.11. The van der Waals surface area contributed by atoms with E-state index in [4.69, 9.17) is 5.11 Å². The van der Waals surface area contributed by atoms with Gasteiger partial charge in [0.2, 0.25) is 11.3 Å². The Kier molecular flexibility index (Phi) is 3.36. The van der Waals surface area contributed by atoms with Crippen LogP contribution in [0.3, 0.4) is 0 Å². The van der Waals surface area contributed by atoms with Crippen LogP contribution in [0.2, 0.25) is 0 Å². The highest BCUT2D eigenvalue weighted by Crippen LogP contribution is 2.37. The van der Waals surface area contributed by atoms with Gasteiger partial charge in [0.1, 0.15) is 5.56 Å².